The predicted molar refractivity (Wildman–Crippen MR) is 106 cm³/mol. The van der Waals surface area contributed by atoms with Crippen LogP contribution in [0.4, 0.5) is 11.4 Å². The number of carbonyl (C=O) groups excluding carboxylic acids is 2. The van der Waals surface area contributed by atoms with Gasteiger partial charge in [-0.25, -0.2) is 0 Å². The summed E-state index contributed by atoms with van der Waals surface area (Å²) in [6, 6.07) is 13.8. The third-order valence-corrected chi connectivity index (χ3v) is 5.09. The average Bonchev–Trinajstić information content (AvgIpc) is 2.95. The van der Waals surface area contributed by atoms with E-state index in [-0.39, 0.29) is 23.4 Å². The standard InChI is InChI=1S/C19H19N3O4S/c1-25-14-7-3-12(4-8-14)21-17(23)11-16-18(24)22(19(20)27-16)13-5-9-15(26-2)10-6-13/h3-10,16,20H,11H2,1-2H3,(H,21,23)/t16-/m0/s1. The van der Waals surface area contributed by atoms with E-state index in [0.717, 1.165) is 11.8 Å². The van der Waals surface area contributed by atoms with Gasteiger partial charge >= 0.3 is 0 Å². The van der Waals surface area contributed by atoms with Gasteiger partial charge in [0.25, 0.3) is 0 Å². The van der Waals surface area contributed by atoms with Crippen molar-refractivity contribution in [1.82, 2.24) is 0 Å². The summed E-state index contributed by atoms with van der Waals surface area (Å²) < 4.78 is 10.2. The second-order valence-corrected chi connectivity index (χ2v) is 6.96. The van der Waals surface area contributed by atoms with Crippen LogP contribution >= 0.6 is 11.8 Å². The lowest BCUT2D eigenvalue weighted by Crippen LogP contribution is -2.33. The minimum atomic E-state index is -0.627. The SMILES string of the molecule is COc1ccc(NC(=O)C[C@@H]2SC(=N)N(c3ccc(OC)cc3)C2=O)cc1. The van der Waals surface area contributed by atoms with E-state index < -0.39 is 5.25 Å². The van der Waals surface area contributed by atoms with E-state index >= 15 is 0 Å². The van der Waals surface area contributed by atoms with Crippen LogP contribution in [0.3, 0.4) is 0 Å². The summed E-state index contributed by atoms with van der Waals surface area (Å²) in [5.41, 5.74) is 1.20. The van der Waals surface area contributed by atoms with Gasteiger partial charge in [0.1, 0.15) is 16.7 Å². The van der Waals surface area contributed by atoms with Gasteiger partial charge in [0.15, 0.2) is 5.17 Å². The highest BCUT2D eigenvalue weighted by molar-refractivity contribution is 8.16. The molecule has 1 aliphatic heterocycles. The second-order valence-electron chi connectivity index (χ2n) is 5.76. The Kier molecular flexibility index (Phi) is 5.66. The molecule has 0 bridgehead atoms. The molecule has 1 fully saturated rings. The zero-order valence-electron chi connectivity index (χ0n) is 14.9. The summed E-state index contributed by atoms with van der Waals surface area (Å²) in [5, 5.41) is 10.3. The number of nitrogens with zero attached hydrogens (tertiary/aromatic N) is 1. The van der Waals surface area contributed by atoms with Gasteiger partial charge in [-0.2, -0.15) is 0 Å². The van der Waals surface area contributed by atoms with Gasteiger partial charge in [0.2, 0.25) is 11.8 Å². The van der Waals surface area contributed by atoms with Crippen molar-refractivity contribution in [2.24, 2.45) is 0 Å². The molecule has 1 saturated heterocycles. The monoisotopic (exact) mass is 385 g/mol. The number of benzene rings is 2. The Bertz CT molecular complexity index is 852. The molecule has 0 spiro atoms. The summed E-state index contributed by atoms with van der Waals surface area (Å²) in [5.74, 6) is 0.800. The van der Waals surface area contributed by atoms with E-state index in [1.807, 2.05) is 0 Å². The van der Waals surface area contributed by atoms with Crippen molar-refractivity contribution in [3.63, 3.8) is 0 Å². The van der Waals surface area contributed by atoms with E-state index in [2.05, 4.69) is 5.32 Å². The van der Waals surface area contributed by atoms with Gasteiger partial charge in [0.05, 0.1) is 19.9 Å². The number of nitrogens with one attached hydrogen (secondary N) is 2. The number of amides is 2. The molecule has 2 aromatic carbocycles. The van der Waals surface area contributed by atoms with E-state index in [4.69, 9.17) is 14.9 Å². The number of carbonyl (C=O) groups is 2. The van der Waals surface area contributed by atoms with Crippen LogP contribution in [-0.4, -0.2) is 36.5 Å². The lowest BCUT2D eigenvalue weighted by atomic mass is 10.2. The van der Waals surface area contributed by atoms with E-state index in [1.165, 1.54) is 4.90 Å². The number of methoxy groups -OCH3 is 2. The number of rotatable bonds is 6. The largest absolute Gasteiger partial charge is 0.497 e. The maximum absolute atomic E-state index is 12.7. The highest BCUT2D eigenvalue weighted by Gasteiger charge is 2.39. The third-order valence-electron chi connectivity index (χ3n) is 4.03. The fourth-order valence-corrected chi connectivity index (χ4v) is 3.65. The van der Waals surface area contributed by atoms with Gasteiger partial charge in [-0.1, -0.05) is 11.8 Å². The van der Waals surface area contributed by atoms with Crippen molar-refractivity contribution in [1.29, 1.82) is 5.41 Å². The highest BCUT2D eigenvalue weighted by Crippen LogP contribution is 2.33. The minimum Gasteiger partial charge on any atom is -0.497 e. The quantitative estimate of drug-likeness (QED) is 0.797. The first-order valence-electron chi connectivity index (χ1n) is 8.19. The normalized spacial score (nSPS) is 16.4. The third kappa shape index (κ3) is 4.22. The van der Waals surface area contributed by atoms with E-state index in [0.29, 0.717) is 22.9 Å². The molecule has 0 saturated carbocycles. The number of amidine groups is 1. The highest BCUT2D eigenvalue weighted by atomic mass is 32.2. The van der Waals surface area contributed by atoms with Crippen LogP contribution in [-0.2, 0) is 9.59 Å². The second kappa shape index (κ2) is 8.13. The smallest absolute Gasteiger partial charge is 0.247 e. The molecule has 0 aliphatic carbocycles. The van der Waals surface area contributed by atoms with Crippen molar-refractivity contribution in [2.45, 2.75) is 11.7 Å². The Morgan fingerprint density at radius 2 is 1.63 bits per heavy atom. The molecule has 0 radical (unpaired) electrons. The Morgan fingerprint density at radius 1 is 1.07 bits per heavy atom. The number of ether oxygens (including phenoxy) is 2. The molecule has 8 heteroatoms. The molecule has 2 aromatic rings. The van der Waals surface area contributed by atoms with Gasteiger partial charge in [-0.3, -0.25) is 19.9 Å². The summed E-state index contributed by atoms with van der Waals surface area (Å²) in [7, 11) is 3.13. The van der Waals surface area contributed by atoms with Gasteiger partial charge in [0, 0.05) is 12.1 Å². The van der Waals surface area contributed by atoms with Crippen LogP contribution in [0.1, 0.15) is 6.42 Å². The Hall–Kier alpha value is -3.00. The zero-order chi connectivity index (χ0) is 19.4. The first-order valence-corrected chi connectivity index (χ1v) is 9.07. The fraction of sp³-hybridized carbons (Fsp3) is 0.211. The zero-order valence-corrected chi connectivity index (χ0v) is 15.7. The Balaban J connectivity index is 1.64. The molecular formula is C19H19N3O4S. The van der Waals surface area contributed by atoms with Crippen LogP contribution in [0.15, 0.2) is 48.5 Å². The van der Waals surface area contributed by atoms with E-state index in [1.54, 1.807) is 62.8 Å². The Morgan fingerprint density at radius 3 is 2.19 bits per heavy atom. The number of anilines is 2. The summed E-state index contributed by atoms with van der Waals surface area (Å²) in [4.78, 5) is 26.3. The molecule has 1 aliphatic rings. The fourth-order valence-electron chi connectivity index (χ4n) is 2.64. The van der Waals surface area contributed by atoms with Crippen molar-refractivity contribution >= 4 is 40.1 Å². The first kappa shape index (κ1) is 18.8. The van der Waals surface area contributed by atoms with Crippen molar-refractivity contribution in [3.8, 4) is 11.5 Å². The van der Waals surface area contributed by atoms with E-state index in [9.17, 15) is 9.59 Å². The molecule has 1 atom stereocenters. The maximum Gasteiger partial charge on any atom is 0.247 e. The van der Waals surface area contributed by atoms with Crippen LogP contribution in [0.25, 0.3) is 0 Å². The minimum absolute atomic E-state index is 0.00936. The van der Waals surface area contributed by atoms with Crippen molar-refractivity contribution in [3.05, 3.63) is 48.5 Å². The van der Waals surface area contributed by atoms with Crippen molar-refractivity contribution in [2.75, 3.05) is 24.4 Å². The number of hydrogen-bond acceptors (Lipinski definition) is 6. The molecule has 7 nitrogen and oxygen atoms in total. The molecule has 2 amide bonds. The number of thioether (sulfide) groups is 1. The molecular weight excluding hydrogens is 366 g/mol. The molecule has 2 N–H and O–H groups in total. The molecule has 3 rings (SSSR count). The first-order chi connectivity index (χ1) is 13.0. The summed E-state index contributed by atoms with van der Waals surface area (Å²) in [6.07, 6.45) is -0.00936. The van der Waals surface area contributed by atoms with Crippen LogP contribution in [0, 0.1) is 5.41 Å². The maximum atomic E-state index is 12.7. The van der Waals surface area contributed by atoms with Crippen LogP contribution in [0.2, 0.25) is 0 Å². The lowest BCUT2D eigenvalue weighted by molar-refractivity contribution is -0.121. The van der Waals surface area contributed by atoms with Crippen molar-refractivity contribution < 1.29 is 19.1 Å². The molecule has 0 aromatic heterocycles. The summed E-state index contributed by atoms with van der Waals surface area (Å²) in [6.45, 7) is 0. The molecule has 140 valence electrons. The summed E-state index contributed by atoms with van der Waals surface area (Å²) >= 11 is 1.08. The Labute approximate surface area is 161 Å². The average molecular weight is 385 g/mol. The predicted octanol–water partition coefficient (Wildman–Crippen LogP) is 3.12. The van der Waals surface area contributed by atoms with Gasteiger partial charge in [-0.15, -0.1) is 0 Å². The molecule has 0 unspecified atom stereocenters. The number of hydrogen-bond donors (Lipinski definition) is 2. The van der Waals surface area contributed by atoms with Gasteiger partial charge < -0.3 is 14.8 Å². The molecule has 27 heavy (non-hydrogen) atoms. The lowest BCUT2D eigenvalue weighted by Gasteiger charge is -2.16. The van der Waals surface area contributed by atoms with Crippen LogP contribution in [0.5, 0.6) is 11.5 Å². The van der Waals surface area contributed by atoms with Gasteiger partial charge in [-0.05, 0) is 48.5 Å². The van der Waals surface area contributed by atoms with Crippen LogP contribution < -0.4 is 19.7 Å². The molecule has 1 heterocycles. The topological polar surface area (TPSA) is 91.7 Å².